The number of nitrogens with two attached hydrogens (primary N) is 1. The number of hydrogen-bond donors (Lipinski definition) is 3. The number of hydrazine groups is 1. The minimum Gasteiger partial charge on any atom is -0.340 e. The highest BCUT2D eigenvalue weighted by Gasteiger charge is 2.03. The van der Waals surface area contributed by atoms with Crippen molar-refractivity contribution in [2.45, 2.75) is 13.3 Å². The third kappa shape index (κ3) is 3.09. The molecule has 0 spiro atoms. The van der Waals surface area contributed by atoms with Gasteiger partial charge >= 0.3 is 0 Å². The van der Waals surface area contributed by atoms with Gasteiger partial charge in [0.15, 0.2) is 0 Å². The fraction of sp³-hybridized carbons (Fsp3) is 0.167. The van der Waals surface area contributed by atoms with E-state index in [0.717, 1.165) is 17.9 Å². The van der Waals surface area contributed by atoms with Crippen molar-refractivity contribution in [1.82, 2.24) is 9.97 Å². The molecular weight excluding hydrogens is 250 g/mol. The number of benzene rings is 1. The lowest BCUT2D eigenvalue weighted by Gasteiger charge is -2.09. The van der Waals surface area contributed by atoms with E-state index in [0.29, 0.717) is 16.7 Å². The van der Waals surface area contributed by atoms with Crippen LogP contribution in [0.4, 0.5) is 17.3 Å². The summed E-state index contributed by atoms with van der Waals surface area (Å²) in [6.07, 6.45) is 0.741. The first-order chi connectivity index (χ1) is 8.71. The fourth-order valence-electron chi connectivity index (χ4n) is 1.47. The fourth-order valence-corrected chi connectivity index (χ4v) is 1.60. The molecule has 0 bridgehead atoms. The second-order valence-corrected chi connectivity index (χ2v) is 4.12. The molecule has 0 fully saturated rings. The third-order valence-corrected chi connectivity index (χ3v) is 2.61. The minimum atomic E-state index is 0.582. The van der Waals surface area contributed by atoms with Crippen molar-refractivity contribution in [2.24, 2.45) is 5.84 Å². The number of halogens is 1. The van der Waals surface area contributed by atoms with E-state index in [1.807, 2.05) is 31.2 Å². The summed E-state index contributed by atoms with van der Waals surface area (Å²) < 4.78 is 0. The monoisotopic (exact) mass is 263 g/mol. The van der Waals surface area contributed by atoms with E-state index in [4.69, 9.17) is 17.4 Å². The summed E-state index contributed by atoms with van der Waals surface area (Å²) >= 11 is 5.83. The number of nitrogen functional groups attached to an aromatic ring is 1. The van der Waals surface area contributed by atoms with E-state index in [2.05, 4.69) is 20.7 Å². The molecule has 6 heteroatoms. The standard InChI is InChI=1S/C12H14ClN5/c1-2-10-16-11(7-12(17-10)18-14)15-9-5-3-8(13)4-6-9/h3-7H,2,14H2,1H3,(H2,15,16,17,18). The van der Waals surface area contributed by atoms with Gasteiger partial charge in [-0.05, 0) is 24.3 Å². The van der Waals surface area contributed by atoms with Crippen molar-refractivity contribution >= 4 is 28.9 Å². The van der Waals surface area contributed by atoms with Gasteiger partial charge in [0.25, 0.3) is 0 Å². The molecule has 0 aliphatic heterocycles. The van der Waals surface area contributed by atoms with E-state index >= 15 is 0 Å². The Morgan fingerprint density at radius 2 is 1.83 bits per heavy atom. The molecule has 18 heavy (non-hydrogen) atoms. The molecule has 1 aromatic carbocycles. The first kappa shape index (κ1) is 12.6. The van der Waals surface area contributed by atoms with Crippen LogP contribution in [-0.4, -0.2) is 9.97 Å². The van der Waals surface area contributed by atoms with E-state index < -0.39 is 0 Å². The second-order valence-electron chi connectivity index (χ2n) is 3.68. The van der Waals surface area contributed by atoms with Gasteiger partial charge in [-0.15, -0.1) is 0 Å². The molecule has 0 saturated carbocycles. The molecule has 4 N–H and O–H groups in total. The average Bonchev–Trinajstić information content (AvgIpc) is 2.41. The van der Waals surface area contributed by atoms with Gasteiger partial charge in [0.2, 0.25) is 0 Å². The lowest BCUT2D eigenvalue weighted by Crippen LogP contribution is -2.11. The maximum atomic E-state index is 5.83. The Morgan fingerprint density at radius 3 is 2.44 bits per heavy atom. The molecule has 0 aliphatic rings. The van der Waals surface area contributed by atoms with Crippen molar-refractivity contribution < 1.29 is 0 Å². The predicted octanol–water partition coefficient (Wildman–Crippen LogP) is 2.72. The Balaban J connectivity index is 2.25. The lowest BCUT2D eigenvalue weighted by molar-refractivity contribution is 0.941. The molecule has 0 radical (unpaired) electrons. The summed E-state index contributed by atoms with van der Waals surface area (Å²) in [6, 6.07) is 9.13. The molecule has 0 atom stereocenters. The molecular formula is C12H14ClN5. The maximum Gasteiger partial charge on any atom is 0.145 e. The summed E-state index contributed by atoms with van der Waals surface area (Å²) in [5.74, 6) is 7.37. The Hall–Kier alpha value is -1.85. The Kier molecular flexibility index (Phi) is 3.96. The number of nitrogens with zero attached hydrogens (tertiary/aromatic N) is 2. The summed E-state index contributed by atoms with van der Waals surface area (Å²) in [6.45, 7) is 1.99. The second kappa shape index (κ2) is 5.66. The minimum absolute atomic E-state index is 0.582. The van der Waals surface area contributed by atoms with Gasteiger partial charge in [0.05, 0.1) is 0 Å². The number of aromatic nitrogens is 2. The van der Waals surface area contributed by atoms with Gasteiger partial charge in [-0.3, -0.25) is 0 Å². The molecule has 94 valence electrons. The van der Waals surface area contributed by atoms with E-state index in [-0.39, 0.29) is 0 Å². The topological polar surface area (TPSA) is 75.9 Å². The molecule has 1 aromatic heterocycles. The maximum absolute atomic E-state index is 5.83. The number of nitrogens with one attached hydrogen (secondary N) is 2. The molecule has 5 nitrogen and oxygen atoms in total. The zero-order valence-corrected chi connectivity index (χ0v) is 10.7. The van der Waals surface area contributed by atoms with Gasteiger partial charge in [0, 0.05) is 23.2 Å². The zero-order chi connectivity index (χ0) is 13.0. The molecule has 1 heterocycles. The summed E-state index contributed by atoms with van der Waals surface area (Å²) in [5.41, 5.74) is 3.43. The van der Waals surface area contributed by atoms with Crippen LogP contribution < -0.4 is 16.6 Å². The van der Waals surface area contributed by atoms with Crippen molar-refractivity contribution in [1.29, 1.82) is 0 Å². The van der Waals surface area contributed by atoms with Gasteiger partial charge < -0.3 is 10.7 Å². The van der Waals surface area contributed by atoms with Crippen molar-refractivity contribution in [3.8, 4) is 0 Å². The molecule has 0 aliphatic carbocycles. The Labute approximate surface area is 110 Å². The predicted molar refractivity (Wildman–Crippen MR) is 74.0 cm³/mol. The largest absolute Gasteiger partial charge is 0.340 e. The Bertz CT molecular complexity index is 504. The molecule has 0 amide bonds. The lowest BCUT2D eigenvalue weighted by atomic mass is 10.3. The van der Waals surface area contributed by atoms with E-state index in [1.54, 1.807) is 6.07 Å². The normalized spacial score (nSPS) is 10.2. The number of hydrogen-bond acceptors (Lipinski definition) is 5. The van der Waals surface area contributed by atoms with Crippen molar-refractivity contribution in [3.63, 3.8) is 0 Å². The summed E-state index contributed by atoms with van der Waals surface area (Å²) in [4.78, 5) is 8.58. The van der Waals surface area contributed by atoms with Crippen LogP contribution in [-0.2, 0) is 6.42 Å². The highest BCUT2D eigenvalue weighted by molar-refractivity contribution is 6.30. The average molecular weight is 264 g/mol. The SMILES string of the molecule is CCc1nc(NN)cc(Nc2ccc(Cl)cc2)n1. The van der Waals surface area contributed by atoms with E-state index in [9.17, 15) is 0 Å². The number of aryl methyl sites for hydroxylation is 1. The van der Waals surface area contributed by atoms with Gasteiger partial charge in [-0.25, -0.2) is 15.8 Å². The van der Waals surface area contributed by atoms with Crippen LogP contribution in [0.25, 0.3) is 0 Å². The zero-order valence-electron chi connectivity index (χ0n) is 9.94. The highest BCUT2D eigenvalue weighted by Crippen LogP contribution is 2.19. The van der Waals surface area contributed by atoms with Crippen LogP contribution >= 0.6 is 11.6 Å². The first-order valence-electron chi connectivity index (χ1n) is 5.58. The highest BCUT2D eigenvalue weighted by atomic mass is 35.5. The smallest absolute Gasteiger partial charge is 0.145 e. The summed E-state index contributed by atoms with van der Waals surface area (Å²) in [5, 5.41) is 3.87. The molecule has 0 unspecified atom stereocenters. The first-order valence-corrected chi connectivity index (χ1v) is 5.96. The van der Waals surface area contributed by atoms with Crippen LogP contribution in [0.3, 0.4) is 0 Å². The van der Waals surface area contributed by atoms with Gasteiger partial charge in [-0.2, -0.15) is 0 Å². The number of anilines is 3. The van der Waals surface area contributed by atoms with Crippen molar-refractivity contribution in [2.75, 3.05) is 10.7 Å². The molecule has 2 aromatic rings. The van der Waals surface area contributed by atoms with Gasteiger partial charge in [0.1, 0.15) is 17.5 Å². The Morgan fingerprint density at radius 1 is 1.17 bits per heavy atom. The van der Waals surface area contributed by atoms with Crippen LogP contribution in [0.5, 0.6) is 0 Å². The van der Waals surface area contributed by atoms with E-state index in [1.165, 1.54) is 0 Å². The van der Waals surface area contributed by atoms with Crippen LogP contribution in [0.1, 0.15) is 12.7 Å². The molecule has 0 saturated heterocycles. The van der Waals surface area contributed by atoms with Crippen LogP contribution in [0.2, 0.25) is 5.02 Å². The number of rotatable bonds is 4. The van der Waals surface area contributed by atoms with Crippen LogP contribution in [0.15, 0.2) is 30.3 Å². The summed E-state index contributed by atoms with van der Waals surface area (Å²) in [7, 11) is 0. The van der Waals surface area contributed by atoms with Gasteiger partial charge in [-0.1, -0.05) is 18.5 Å². The third-order valence-electron chi connectivity index (χ3n) is 2.35. The van der Waals surface area contributed by atoms with Crippen LogP contribution in [0, 0.1) is 0 Å². The quantitative estimate of drug-likeness (QED) is 0.584. The molecule has 2 rings (SSSR count). The van der Waals surface area contributed by atoms with Crippen molar-refractivity contribution in [3.05, 3.63) is 41.2 Å².